The third-order valence-electron chi connectivity index (χ3n) is 5.03. The number of sulfonamides is 1. The first-order chi connectivity index (χ1) is 16.2. The molecule has 3 N–H and O–H groups in total. The largest absolute Gasteiger partial charge is 0.352 e. The van der Waals surface area contributed by atoms with Crippen molar-refractivity contribution >= 4 is 44.8 Å². The highest BCUT2D eigenvalue weighted by atomic mass is 35.5. The van der Waals surface area contributed by atoms with Crippen molar-refractivity contribution in [3.8, 4) is 0 Å². The Kier molecular flexibility index (Phi) is 8.31. The van der Waals surface area contributed by atoms with Crippen molar-refractivity contribution in [2.75, 3.05) is 16.6 Å². The van der Waals surface area contributed by atoms with Crippen molar-refractivity contribution in [2.45, 2.75) is 31.6 Å². The molecule has 0 saturated carbocycles. The van der Waals surface area contributed by atoms with E-state index in [0.29, 0.717) is 17.8 Å². The highest BCUT2D eigenvalue weighted by Crippen LogP contribution is 2.25. The molecule has 3 aromatic rings. The Morgan fingerprint density at radius 3 is 2.29 bits per heavy atom. The zero-order chi connectivity index (χ0) is 24.7. The number of amides is 2. The molecule has 0 heterocycles. The molecule has 34 heavy (non-hydrogen) atoms. The maximum absolute atomic E-state index is 12.9. The van der Waals surface area contributed by atoms with E-state index in [1.165, 1.54) is 30.3 Å². The average Bonchev–Trinajstić information content (AvgIpc) is 2.79. The molecule has 0 saturated heterocycles. The van der Waals surface area contributed by atoms with Gasteiger partial charge in [-0.05, 0) is 55.8 Å². The van der Waals surface area contributed by atoms with E-state index >= 15 is 0 Å². The normalized spacial score (nSPS) is 11.0. The molecule has 2 amide bonds. The number of hydrogen-bond acceptors (Lipinski definition) is 4. The van der Waals surface area contributed by atoms with Crippen LogP contribution in [0.1, 0.15) is 46.0 Å². The lowest BCUT2D eigenvalue weighted by Gasteiger charge is -2.13. The van der Waals surface area contributed by atoms with Crippen LogP contribution in [0.3, 0.4) is 0 Å². The summed E-state index contributed by atoms with van der Waals surface area (Å²) in [7, 11) is -3.81. The van der Waals surface area contributed by atoms with Crippen LogP contribution < -0.4 is 15.4 Å². The summed E-state index contributed by atoms with van der Waals surface area (Å²) in [5, 5.41) is 5.61. The highest BCUT2D eigenvalue weighted by Gasteiger charge is 2.18. The SMILES string of the molecule is CCCCNC(=O)c1ccccc1NC(=O)c1ccc(NS(=O)(=O)c2ccc(C)cc2)cc1Cl. The van der Waals surface area contributed by atoms with Gasteiger partial charge in [0.25, 0.3) is 21.8 Å². The Bertz CT molecular complexity index is 1290. The summed E-state index contributed by atoms with van der Waals surface area (Å²) in [5.41, 5.74) is 1.99. The van der Waals surface area contributed by atoms with Gasteiger partial charge in [0.05, 0.1) is 32.4 Å². The summed E-state index contributed by atoms with van der Waals surface area (Å²) in [6.45, 7) is 4.44. The number of rotatable bonds is 9. The maximum atomic E-state index is 12.9. The van der Waals surface area contributed by atoms with Crippen LogP contribution in [0.2, 0.25) is 5.02 Å². The molecule has 3 aromatic carbocycles. The monoisotopic (exact) mass is 499 g/mol. The van der Waals surface area contributed by atoms with Gasteiger partial charge < -0.3 is 10.6 Å². The molecular formula is C25H26ClN3O4S. The van der Waals surface area contributed by atoms with E-state index in [1.54, 1.807) is 36.4 Å². The minimum atomic E-state index is -3.81. The molecule has 9 heteroatoms. The summed E-state index contributed by atoms with van der Waals surface area (Å²) in [5.74, 6) is -0.803. The molecular weight excluding hydrogens is 474 g/mol. The van der Waals surface area contributed by atoms with Crippen LogP contribution in [0.15, 0.2) is 71.6 Å². The topological polar surface area (TPSA) is 104 Å². The van der Waals surface area contributed by atoms with Gasteiger partial charge in [-0.15, -0.1) is 0 Å². The van der Waals surface area contributed by atoms with E-state index in [1.807, 2.05) is 13.8 Å². The van der Waals surface area contributed by atoms with Crippen LogP contribution in [0.25, 0.3) is 0 Å². The predicted molar refractivity (Wildman–Crippen MR) is 135 cm³/mol. The van der Waals surface area contributed by atoms with Crippen LogP contribution in [0.4, 0.5) is 11.4 Å². The first-order valence-electron chi connectivity index (χ1n) is 10.8. The molecule has 0 aromatic heterocycles. The van der Waals surface area contributed by atoms with Gasteiger partial charge in [0, 0.05) is 6.54 Å². The maximum Gasteiger partial charge on any atom is 0.261 e. The summed E-state index contributed by atoms with van der Waals surface area (Å²) in [6, 6.07) is 17.4. The number of para-hydroxylation sites is 1. The minimum absolute atomic E-state index is 0.0616. The van der Waals surface area contributed by atoms with E-state index in [0.717, 1.165) is 18.4 Å². The van der Waals surface area contributed by atoms with Crippen molar-refractivity contribution in [1.29, 1.82) is 0 Å². The second kappa shape index (κ2) is 11.2. The molecule has 0 aliphatic heterocycles. The van der Waals surface area contributed by atoms with Gasteiger partial charge in [-0.25, -0.2) is 8.42 Å². The number of benzene rings is 3. The van der Waals surface area contributed by atoms with E-state index in [2.05, 4.69) is 15.4 Å². The first-order valence-corrected chi connectivity index (χ1v) is 12.6. The van der Waals surface area contributed by atoms with Gasteiger partial charge >= 0.3 is 0 Å². The highest BCUT2D eigenvalue weighted by molar-refractivity contribution is 7.92. The Morgan fingerprint density at radius 1 is 0.912 bits per heavy atom. The van der Waals surface area contributed by atoms with Crippen molar-refractivity contribution in [2.24, 2.45) is 0 Å². The number of carbonyl (C=O) groups is 2. The molecule has 0 atom stereocenters. The first kappa shape index (κ1) is 25.3. The number of anilines is 2. The second-order valence-corrected chi connectivity index (χ2v) is 9.81. The Hall–Kier alpha value is -3.36. The third kappa shape index (κ3) is 6.36. The van der Waals surface area contributed by atoms with Crippen molar-refractivity contribution < 1.29 is 18.0 Å². The molecule has 0 aliphatic rings. The van der Waals surface area contributed by atoms with Crippen LogP contribution in [-0.4, -0.2) is 26.8 Å². The summed E-state index contributed by atoms with van der Waals surface area (Å²) in [4.78, 5) is 25.5. The molecule has 178 valence electrons. The van der Waals surface area contributed by atoms with Gasteiger partial charge in [-0.1, -0.05) is 54.8 Å². The van der Waals surface area contributed by atoms with Crippen molar-refractivity contribution in [3.05, 3.63) is 88.4 Å². The molecule has 0 radical (unpaired) electrons. The predicted octanol–water partition coefficient (Wildman–Crippen LogP) is 5.23. The fourth-order valence-corrected chi connectivity index (χ4v) is 4.46. The lowest BCUT2D eigenvalue weighted by atomic mass is 10.1. The van der Waals surface area contributed by atoms with Crippen molar-refractivity contribution in [1.82, 2.24) is 5.32 Å². The zero-order valence-corrected chi connectivity index (χ0v) is 20.5. The number of carbonyl (C=O) groups excluding carboxylic acids is 2. The summed E-state index contributed by atoms with van der Waals surface area (Å²) < 4.78 is 27.7. The van der Waals surface area contributed by atoms with Gasteiger partial charge in [0.2, 0.25) is 0 Å². The van der Waals surface area contributed by atoms with Crippen LogP contribution in [0.5, 0.6) is 0 Å². The molecule has 7 nitrogen and oxygen atoms in total. The number of aryl methyl sites for hydroxylation is 1. The van der Waals surface area contributed by atoms with Gasteiger partial charge in [0.15, 0.2) is 0 Å². The van der Waals surface area contributed by atoms with Crippen LogP contribution in [0, 0.1) is 6.92 Å². The summed E-state index contributed by atoms with van der Waals surface area (Å²) >= 11 is 6.30. The molecule has 0 spiro atoms. The summed E-state index contributed by atoms with van der Waals surface area (Å²) in [6.07, 6.45) is 1.81. The molecule has 0 aliphatic carbocycles. The smallest absolute Gasteiger partial charge is 0.261 e. The molecule has 3 rings (SSSR count). The standard InChI is InChI=1S/C25H26ClN3O4S/c1-3-4-15-27-24(30)21-7-5-6-8-23(21)28-25(31)20-14-11-18(16-22(20)26)29-34(32,33)19-12-9-17(2)10-13-19/h5-14,16,29H,3-4,15H2,1-2H3,(H,27,30)(H,28,31). The van der Waals surface area contributed by atoms with E-state index in [9.17, 15) is 18.0 Å². The lowest BCUT2D eigenvalue weighted by molar-refractivity contribution is 0.0954. The lowest BCUT2D eigenvalue weighted by Crippen LogP contribution is -2.26. The second-order valence-electron chi connectivity index (χ2n) is 7.72. The fraction of sp³-hybridized carbons (Fsp3) is 0.200. The minimum Gasteiger partial charge on any atom is -0.352 e. The molecule has 0 fully saturated rings. The number of unbranched alkanes of at least 4 members (excludes halogenated alkanes) is 1. The zero-order valence-electron chi connectivity index (χ0n) is 18.9. The van der Waals surface area contributed by atoms with Gasteiger partial charge in [-0.3, -0.25) is 14.3 Å². The van der Waals surface area contributed by atoms with E-state index in [4.69, 9.17) is 11.6 Å². The molecule has 0 bridgehead atoms. The van der Waals surface area contributed by atoms with E-state index < -0.39 is 15.9 Å². The molecule has 0 unspecified atom stereocenters. The Balaban J connectivity index is 1.75. The Labute approximate surface area is 204 Å². The third-order valence-corrected chi connectivity index (χ3v) is 6.74. The number of hydrogen-bond donors (Lipinski definition) is 3. The average molecular weight is 500 g/mol. The van der Waals surface area contributed by atoms with Crippen LogP contribution >= 0.6 is 11.6 Å². The van der Waals surface area contributed by atoms with Gasteiger partial charge in [-0.2, -0.15) is 0 Å². The number of nitrogens with one attached hydrogen (secondary N) is 3. The van der Waals surface area contributed by atoms with E-state index in [-0.39, 0.29) is 27.1 Å². The van der Waals surface area contributed by atoms with Gasteiger partial charge in [0.1, 0.15) is 0 Å². The fourth-order valence-electron chi connectivity index (χ4n) is 3.15. The Morgan fingerprint density at radius 2 is 1.62 bits per heavy atom. The van der Waals surface area contributed by atoms with Crippen molar-refractivity contribution in [3.63, 3.8) is 0 Å². The van der Waals surface area contributed by atoms with Crippen LogP contribution in [-0.2, 0) is 10.0 Å². The number of halogens is 1. The quantitative estimate of drug-likeness (QED) is 0.350.